The van der Waals surface area contributed by atoms with Gasteiger partial charge in [-0.2, -0.15) is 5.10 Å². The molecule has 3 aromatic rings. The Labute approximate surface area is 91.4 Å². The van der Waals surface area contributed by atoms with E-state index >= 15 is 0 Å². The van der Waals surface area contributed by atoms with Crippen LogP contribution in [0.1, 0.15) is 5.69 Å². The number of para-hydroxylation sites is 1. The highest BCUT2D eigenvalue weighted by Gasteiger charge is 2.07. The highest BCUT2D eigenvalue weighted by molar-refractivity contribution is 5.79. The molecule has 0 aliphatic heterocycles. The Morgan fingerprint density at radius 3 is 3.00 bits per heavy atom. The highest BCUT2D eigenvalue weighted by atomic mass is 16.5. The van der Waals surface area contributed by atoms with Crippen molar-refractivity contribution in [1.82, 2.24) is 14.9 Å². The topological polar surface area (TPSA) is 69.9 Å². The van der Waals surface area contributed by atoms with E-state index in [-0.39, 0.29) is 0 Å². The minimum atomic E-state index is 0.564. The van der Waals surface area contributed by atoms with Crippen molar-refractivity contribution >= 4 is 16.7 Å². The van der Waals surface area contributed by atoms with Crippen LogP contribution in [-0.4, -0.2) is 14.9 Å². The van der Waals surface area contributed by atoms with Crippen LogP contribution in [0.25, 0.3) is 11.0 Å². The lowest BCUT2D eigenvalue weighted by atomic mass is 10.2. The molecular formula is C11H10N4O. The molecule has 0 spiro atoms. The van der Waals surface area contributed by atoms with Gasteiger partial charge in [0, 0.05) is 11.6 Å². The van der Waals surface area contributed by atoms with Crippen molar-refractivity contribution in [1.29, 1.82) is 0 Å². The third-order valence-corrected chi connectivity index (χ3v) is 2.42. The Kier molecular flexibility index (Phi) is 1.89. The molecule has 3 rings (SSSR count). The van der Waals surface area contributed by atoms with Crippen LogP contribution < -0.4 is 5.73 Å². The van der Waals surface area contributed by atoms with Crippen LogP contribution in [0.2, 0.25) is 0 Å². The zero-order valence-corrected chi connectivity index (χ0v) is 8.50. The molecule has 80 valence electrons. The van der Waals surface area contributed by atoms with E-state index in [1.54, 1.807) is 17.1 Å². The van der Waals surface area contributed by atoms with Gasteiger partial charge in [-0.25, -0.2) is 0 Å². The summed E-state index contributed by atoms with van der Waals surface area (Å²) < 4.78 is 6.94. The highest BCUT2D eigenvalue weighted by Crippen LogP contribution is 2.18. The predicted octanol–water partition coefficient (Wildman–Crippen LogP) is 1.65. The molecule has 0 aliphatic carbocycles. The lowest BCUT2D eigenvalue weighted by molar-refractivity contribution is 0.440. The molecule has 5 nitrogen and oxygen atoms in total. The van der Waals surface area contributed by atoms with E-state index in [1.807, 2.05) is 24.3 Å². The maximum Gasteiger partial charge on any atom is 0.167 e. The van der Waals surface area contributed by atoms with Gasteiger partial charge in [-0.3, -0.25) is 4.68 Å². The van der Waals surface area contributed by atoms with Gasteiger partial charge >= 0.3 is 0 Å². The van der Waals surface area contributed by atoms with Gasteiger partial charge in [0.25, 0.3) is 0 Å². The van der Waals surface area contributed by atoms with Crippen molar-refractivity contribution in [2.24, 2.45) is 0 Å². The van der Waals surface area contributed by atoms with Crippen LogP contribution in [0.3, 0.4) is 0 Å². The van der Waals surface area contributed by atoms with Crippen LogP contribution in [0.5, 0.6) is 0 Å². The molecule has 0 amide bonds. The number of aromatic nitrogens is 3. The molecule has 2 N–H and O–H groups in total. The number of benzene rings is 1. The van der Waals surface area contributed by atoms with Gasteiger partial charge in [0.1, 0.15) is 5.69 Å². The molecule has 5 heteroatoms. The maximum absolute atomic E-state index is 5.59. The summed E-state index contributed by atoms with van der Waals surface area (Å²) in [6.07, 6.45) is 3.38. The van der Waals surface area contributed by atoms with Crippen molar-refractivity contribution in [2.45, 2.75) is 6.54 Å². The number of hydrogen-bond acceptors (Lipinski definition) is 4. The summed E-state index contributed by atoms with van der Waals surface area (Å²) in [5.74, 6) is 0. The Morgan fingerprint density at radius 2 is 2.19 bits per heavy atom. The lowest BCUT2D eigenvalue weighted by Crippen LogP contribution is -2.00. The summed E-state index contributed by atoms with van der Waals surface area (Å²) in [7, 11) is 0. The van der Waals surface area contributed by atoms with E-state index in [9.17, 15) is 0 Å². The molecule has 0 aliphatic rings. The second-order valence-electron chi connectivity index (χ2n) is 3.60. The maximum atomic E-state index is 5.59. The van der Waals surface area contributed by atoms with E-state index in [1.165, 1.54) is 0 Å². The monoisotopic (exact) mass is 214 g/mol. The number of nitrogen functional groups attached to an aromatic ring is 1. The summed E-state index contributed by atoms with van der Waals surface area (Å²) in [6, 6.07) is 7.75. The third kappa shape index (κ3) is 1.42. The summed E-state index contributed by atoms with van der Waals surface area (Å²) in [6.45, 7) is 0.564. The van der Waals surface area contributed by atoms with Gasteiger partial charge in [-0.1, -0.05) is 17.3 Å². The van der Waals surface area contributed by atoms with E-state index < -0.39 is 0 Å². The SMILES string of the molecule is Nc1cnn(Cc2noc3ccccc23)c1. The Bertz CT molecular complexity index is 625. The van der Waals surface area contributed by atoms with Gasteiger partial charge in [0.15, 0.2) is 5.58 Å². The van der Waals surface area contributed by atoms with Crippen molar-refractivity contribution < 1.29 is 4.52 Å². The standard InChI is InChI=1S/C11H10N4O/c12-8-5-13-15(6-8)7-10-9-3-1-2-4-11(9)16-14-10/h1-6H,7,12H2. The van der Waals surface area contributed by atoms with E-state index in [0.717, 1.165) is 16.7 Å². The molecule has 0 bridgehead atoms. The Hall–Kier alpha value is -2.30. The Morgan fingerprint density at radius 1 is 1.31 bits per heavy atom. The van der Waals surface area contributed by atoms with E-state index in [4.69, 9.17) is 10.3 Å². The number of hydrogen-bond donors (Lipinski definition) is 1. The van der Waals surface area contributed by atoms with Gasteiger partial charge in [-0.05, 0) is 12.1 Å². The summed E-state index contributed by atoms with van der Waals surface area (Å²) >= 11 is 0. The average molecular weight is 214 g/mol. The predicted molar refractivity (Wildman–Crippen MR) is 59.8 cm³/mol. The van der Waals surface area contributed by atoms with Gasteiger partial charge in [0.2, 0.25) is 0 Å². The van der Waals surface area contributed by atoms with Crippen molar-refractivity contribution in [3.05, 3.63) is 42.4 Å². The van der Waals surface area contributed by atoms with E-state index in [0.29, 0.717) is 12.2 Å². The van der Waals surface area contributed by atoms with Gasteiger partial charge in [-0.15, -0.1) is 0 Å². The number of anilines is 1. The molecule has 0 radical (unpaired) electrons. The fourth-order valence-electron chi connectivity index (χ4n) is 1.67. The normalized spacial score (nSPS) is 11.0. The van der Waals surface area contributed by atoms with Crippen molar-refractivity contribution in [3.63, 3.8) is 0 Å². The Balaban J connectivity index is 2.00. The second-order valence-corrected chi connectivity index (χ2v) is 3.60. The zero-order valence-electron chi connectivity index (χ0n) is 8.50. The largest absolute Gasteiger partial charge is 0.396 e. The first-order valence-corrected chi connectivity index (χ1v) is 4.94. The number of nitrogens with zero attached hydrogens (tertiary/aromatic N) is 3. The smallest absolute Gasteiger partial charge is 0.167 e. The van der Waals surface area contributed by atoms with Crippen LogP contribution in [0.15, 0.2) is 41.2 Å². The lowest BCUT2D eigenvalue weighted by Gasteiger charge is -1.96. The number of rotatable bonds is 2. The van der Waals surface area contributed by atoms with Crippen molar-refractivity contribution in [3.8, 4) is 0 Å². The van der Waals surface area contributed by atoms with Crippen molar-refractivity contribution in [2.75, 3.05) is 5.73 Å². The first-order chi connectivity index (χ1) is 7.83. The number of fused-ring (bicyclic) bond motifs is 1. The first kappa shape index (κ1) is 8.96. The average Bonchev–Trinajstić information content (AvgIpc) is 2.87. The minimum Gasteiger partial charge on any atom is -0.396 e. The van der Waals surface area contributed by atoms with Crippen LogP contribution >= 0.6 is 0 Å². The molecule has 0 unspecified atom stereocenters. The molecular weight excluding hydrogens is 204 g/mol. The molecule has 2 aromatic heterocycles. The molecule has 0 saturated heterocycles. The molecule has 2 heterocycles. The van der Waals surface area contributed by atoms with Gasteiger partial charge in [0.05, 0.1) is 18.4 Å². The fourth-order valence-corrected chi connectivity index (χ4v) is 1.67. The van der Waals surface area contributed by atoms with Crippen LogP contribution in [0, 0.1) is 0 Å². The molecule has 0 saturated carbocycles. The summed E-state index contributed by atoms with van der Waals surface area (Å²) in [5, 5.41) is 9.14. The molecule has 16 heavy (non-hydrogen) atoms. The zero-order chi connectivity index (χ0) is 11.0. The third-order valence-electron chi connectivity index (χ3n) is 2.42. The quantitative estimate of drug-likeness (QED) is 0.704. The molecule has 0 atom stereocenters. The van der Waals surface area contributed by atoms with Crippen LogP contribution in [-0.2, 0) is 6.54 Å². The van der Waals surface area contributed by atoms with Crippen LogP contribution in [0.4, 0.5) is 5.69 Å². The summed E-state index contributed by atoms with van der Waals surface area (Å²) in [5.41, 5.74) is 7.89. The molecule has 0 fully saturated rings. The van der Waals surface area contributed by atoms with E-state index in [2.05, 4.69) is 10.3 Å². The first-order valence-electron chi connectivity index (χ1n) is 4.94. The van der Waals surface area contributed by atoms with Gasteiger partial charge < -0.3 is 10.3 Å². The minimum absolute atomic E-state index is 0.564. The fraction of sp³-hybridized carbons (Fsp3) is 0.0909. The second kappa shape index (κ2) is 3.37. The molecule has 1 aromatic carbocycles. The number of nitrogens with two attached hydrogens (primary N) is 1. The summed E-state index contributed by atoms with van der Waals surface area (Å²) in [4.78, 5) is 0.